The second-order valence-electron chi connectivity index (χ2n) is 7.97. The van der Waals surface area contributed by atoms with Gasteiger partial charge in [0.15, 0.2) is 0 Å². The Labute approximate surface area is 201 Å². The molecule has 5 aromatic rings. The molecule has 0 radical (unpaired) electrons. The number of carbonyl (C=O) groups excluding carboxylic acids is 1. The summed E-state index contributed by atoms with van der Waals surface area (Å²) in [5, 5.41) is 12.7. The molecule has 5 rings (SSSR count). The van der Waals surface area contributed by atoms with Crippen molar-refractivity contribution in [3.63, 3.8) is 0 Å². The molecule has 1 heterocycles. The number of rotatable bonds is 4. The number of nitrogens with one attached hydrogen (secondary N) is 2. The first-order valence-corrected chi connectivity index (χ1v) is 11.1. The zero-order chi connectivity index (χ0) is 23.7. The van der Waals surface area contributed by atoms with Gasteiger partial charge in [0.05, 0.1) is 27.7 Å². The van der Waals surface area contributed by atoms with E-state index in [0.29, 0.717) is 33.2 Å². The number of halogens is 1. The number of fused-ring (bicyclic) bond motifs is 1. The fourth-order valence-electron chi connectivity index (χ4n) is 3.93. The Morgan fingerprint density at radius 1 is 0.971 bits per heavy atom. The Morgan fingerprint density at radius 3 is 2.59 bits per heavy atom. The minimum absolute atomic E-state index is 0.215. The number of carbonyl (C=O) groups is 1. The number of H-pyrrole nitrogens is 1. The molecule has 0 atom stereocenters. The van der Waals surface area contributed by atoms with Crippen LogP contribution in [0.5, 0.6) is 0 Å². The number of para-hydroxylation sites is 2. The van der Waals surface area contributed by atoms with Gasteiger partial charge in [-0.2, -0.15) is 5.26 Å². The molecule has 5 nitrogen and oxygen atoms in total. The molecule has 0 saturated heterocycles. The first kappa shape index (κ1) is 21.4. The van der Waals surface area contributed by atoms with Crippen molar-refractivity contribution in [2.75, 3.05) is 5.32 Å². The maximum Gasteiger partial charge on any atom is 0.255 e. The average Bonchev–Trinajstić information content (AvgIpc) is 3.29. The molecular formula is C28H19ClN4O. The van der Waals surface area contributed by atoms with Gasteiger partial charge in [-0.25, -0.2) is 4.98 Å². The molecule has 0 fully saturated rings. The maximum atomic E-state index is 13.0. The van der Waals surface area contributed by atoms with E-state index in [1.807, 2.05) is 67.6 Å². The van der Waals surface area contributed by atoms with E-state index in [1.54, 1.807) is 24.3 Å². The first-order chi connectivity index (χ1) is 16.5. The van der Waals surface area contributed by atoms with Gasteiger partial charge in [0.2, 0.25) is 0 Å². The Morgan fingerprint density at radius 2 is 1.79 bits per heavy atom. The summed E-state index contributed by atoms with van der Waals surface area (Å²) < 4.78 is 0. The van der Waals surface area contributed by atoms with Crippen molar-refractivity contribution in [1.82, 2.24) is 9.97 Å². The van der Waals surface area contributed by atoms with Crippen LogP contribution in [0.3, 0.4) is 0 Å². The van der Waals surface area contributed by atoms with E-state index in [4.69, 9.17) is 16.9 Å². The summed E-state index contributed by atoms with van der Waals surface area (Å²) in [6, 6.07) is 28.3. The molecular weight excluding hydrogens is 444 g/mol. The van der Waals surface area contributed by atoms with Crippen LogP contribution >= 0.6 is 11.6 Å². The molecule has 0 aliphatic carbocycles. The van der Waals surface area contributed by atoms with E-state index < -0.39 is 0 Å². The quantitative estimate of drug-likeness (QED) is 0.302. The van der Waals surface area contributed by atoms with Gasteiger partial charge in [0.1, 0.15) is 5.82 Å². The van der Waals surface area contributed by atoms with Gasteiger partial charge in [0.25, 0.3) is 5.91 Å². The number of aromatic nitrogens is 2. The van der Waals surface area contributed by atoms with Crippen LogP contribution in [0.25, 0.3) is 33.5 Å². The molecule has 164 valence electrons. The van der Waals surface area contributed by atoms with E-state index in [2.05, 4.69) is 21.4 Å². The van der Waals surface area contributed by atoms with Crippen LogP contribution in [0.15, 0.2) is 84.9 Å². The minimum Gasteiger partial charge on any atom is -0.338 e. The third-order valence-electron chi connectivity index (χ3n) is 5.66. The van der Waals surface area contributed by atoms with Crippen molar-refractivity contribution in [2.24, 2.45) is 0 Å². The smallest absolute Gasteiger partial charge is 0.255 e. The molecule has 34 heavy (non-hydrogen) atoms. The summed E-state index contributed by atoms with van der Waals surface area (Å²) in [7, 11) is 0. The van der Waals surface area contributed by atoms with Gasteiger partial charge in [-0.3, -0.25) is 4.79 Å². The fraction of sp³-hybridized carbons (Fsp3) is 0.0357. The lowest BCUT2D eigenvalue weighted by Gasteiger charge is -2.11. The van der Waals surface area contributed by atoms with E-state index in [9.17, 15) is 4.79 Å². The molecule has 4 aromatic carbocycles. The van der Waals surface area contributed by atoms with E-state index in [0.717, 1.165) is 27.7 Å². The highest BCUT2D eigenvalue weighted by Crippen LogP contribution is 2.31. The lowest BCUT2D eigenvalue weighted by Crippen LogP contribution is -2.13. The van der Waals surface area contributed by atoms with Crippen molar-refractivity contribution in [2.45, 2.75) is 6.92 Å². The third-order valence-corrected chi connectivity index (χ3v) is 5.99. The number of aryl methyl sites for hydroxylation is 1. The fourth-order valence-corrected chi connectivity index (χ4v) is 4.14. The highest BCUT2D eigenvalue weighted by Gasteiger charge is 2.14. The normalized spacial score (nSPS) is 10.7. The summed E-state index contributed by atoms with van der Waals surface area (Å²) >= 11 is 6.44. The largest absolute Gasteiger partial charge is 0.338 e. The van der Waals surface area contributed by atoms with Gasteiger partial charge < -0.3 is 10.3 Å². The third kappa shape index (κ3) is 4.15. The maximum absolute atomic E-state index is 13.0. The predicted molar refractivity (Wildman–Crippen MR) is 136 cm³/mol. The number of amides is 1. The van der Waals surface area contributed by atoms with Crippen LogP contribution in [0, 0.1) is 18.3 Å². The van der Waals surface area contributed by atoms with Gasteiger partial charge >= 0.3 is 0 Å². The van der Waals surface area contributed by atoms with Crippen molar-refractivity contribution in [1.29, 1.82) is 5.26 Å². The molecule has 0 aliphatic rings. The summed E-state index contributed by atoms with van der Waals surface area (Å²) in [5.41, 5.74) is 6.98. The lowest BCUT2D eigenvalue weighted by molar-refractivity contribution is 0.102. The molecule has 0 spiro atoms. The van der Waals surface area contributed by atoms with Crippen LogP contribution in [-0.4, -0.2) is 15.9 Å². The van der Waals surface area contributed by atoms with E-state index in [-0.39, 0.29) is 5.91 Å². The minimum atomic E-state index is -0.215. The first-order valence-electron chi connectivity index (χ1n) is 10.7. The molecule has 0 unspecified atom stereocenters. The summed E-state index contributed by atoms with van der Waals surface area (Å²) in [5.74, 6) is 0.426. The molecule has 0 aliphatic heterocycles. The Kier molecular flexibility index (Phi) is 5.59. The van der Waals surface area contributed by atoms with Crippen LogP contribution < -0.4 is 5.32 Å². The Hall–Kier alpha value is -4.40. The average molecular weight is 463 g/mol. The number of imidazole rings is 1. The second-order valence-corrected chi connectivity index (χ2v) is 8.38. The SMILES string of the molecule is Cc1cc(-c2cccc(C#N)c2)ccc1C(=O)Nc1ccc(Cl)c(-c2nc3ccccc3[nH]2)c1. The van der Waals surface area contributed by atoms with Crippen molar-refractivity contribution in [3.05, 3.63) is 107 Å². The Balaban J connectivity index is 1.41. The summed E-state index contributed by atoms with van der Waals surface area (Å²) in [6.07, 6.45) is 0. The standard InChI is InChI=1S/C28H19ClN4O/c1-17-13-20(19-6-4-5-18(14-19)16-30)9-11-22(17)28(34)31-21-10-12-24(29)23(15-21)27-32-25-7-2-3-8-26(25)33-27/h2-15H,1H3,(H,31,34)(H,32,33). The van der Waals surface area contributed by atoms with Gasteiger partial charge in [-0.15, -0.1) is 0 Å². The number of nitrogens with zero attached hydrogens (tertiary/aromatic N) is 2. The van der Waals surface area contributed by atoms with Crippen molar-refractivity contribution >= 4 is 34.2 Å². The van der Waals surface area contributed by atoms with Gasteiger partial charge in [-0.1, -0.05) is 48.0 Å². The highest BCUT2D eigenvalue weighted by molar-refractivity contribution is 6.33. The zero-order valence-electron chi connectivity index (χ0n) is 18.3. The van der Waals surface area contributed by atoms with Gasteiger partial charge in [0, 0.05) is 16.8 Å². The molecule has 2 N–H and O–H groups in total. The van der Waals surface area contributed by atoms with Crippen molar-refractivity contribution in [3.8, 4) is 28.6 Å². The number of benzene rings is 4. The highest BCUT2D eigenvalue weighted by atomic mass is 35.5. The van der Waals surface area contributed by atoms with Crippen LogP contribution in [-0.2, 0) is 0 Å². The molecule has 1 aromatic heterocycles. The second kappa shape index (κ2) is 8.86. The van der Waals surface area contributed by atoms with Crippen molar-refractivity contribution < 1.29 is 4.79 Å². The Bertz CT molecular complexity index is 1560. The van der Waals surface area contributed by atoms with E-state index >= 15 is 0 Å². The van der Waals surface area contributed by atoms with Crippen LogP contribution in [0.2, 0.25) is 5.02 Å². The lowest BCUT2D eigenvalue weighted by atomic mass is 9.98. The molecule has 0 bridgehead atoms. The topological polar surface area (TPSA) is 81.6 Å². The number of hydrogen-bond donors (Lipinski definition) is 2. The van der Waals surface area contributed by atoms with Gasteiger partial charge in [-0.05, 0) is 72.1 Å². The van der Waals surface area contributed by atoms with Crippen LogP contribution in [0.4, 0.5) is 5.69 Å². The summed E-state index contributed by atoms with van der Waals surface area (Å²) in [6.45, 7) is 1.90. The predicted octanol–water partition coefficient (Wildman–Crippen LogP) is 6.98. The number of hydrogen-bond acceptors (Lipinski definition) is 3. The summed E-state index contributed by atoms with van der Waals surface area (Å²) in [4.78, 5) is 20.9. The monoisotopic (exact) mass is 462 g/mol. The zero-order valence-corrected chi connectivity index (χ0v) is 19.0. The number of anilines is 1. The number of nitriles is 1. The molecule has 6 heteroatoms. The van der Waals surface area contributed by atoms with E-state index in [1.165, 1.54) is 0 Å². The number of aromatic amines is 1. The molecule has 0 saturated carbocycles. The molecule has 1 amide bonds. The van der Waals surface area contributed by atoms with Crippen LogP contribution in [0.1, 0.15) is 21.5 Å².